The highest BCUT2D eigenvalue weighted by Crippen LogP contribution is 2.18. The first-order valence-corrected chi connectivity index (χ1v) is 8.60. The van der Waals surface area contributed by atoms with Crippen LogP contribution in [0.5, 0.6) is 0 Å². The van der Waals surface area contributed by atoms with Crippen LogP contribution in [0.4, 0.5) is 0 Å². The van der Waals surface area contributed by atoms with Gasteiger partial charge in [-0.2, -0.15) is 11.3 Å². The molecule has 0 aliphatic carbocycles. The summed E-state index contributed by atoms with van der Waals surface area (Å²) in [5, 5.41) is 13.5. The normalized spacial score (nSPS) is 13.3. The Hall–Kier alpha value is -1.21. The maximum absolute atomic E-state index is 12.2. The van der Waals surface area contributed by atoms with Gasteiger partial charge in [0.25, 0.3) is 0 Å². The Kier molecular flexibility index (Phi) is 4.59. The van der Waals surface area contributed by atoms with Crippen LogP contribution in [0, 0.1) is 13.8 Å². The molecule has 1 aromatic heterocycles. The number of aliphatic hydroxyl groups is 1. The van der Waals surface area contributed by atoms with Crippen molar-refractivity contribution in [1.82, 2.24) is 4.72 Å². The first-order chi connectivity index (χ1) is 9.40. The SMILES string of the molecule is Cc1ccc(S(=O)(=O)NCC(O)c2ccsc2)cc1C. The number of nitrogens with one attached hydrogen (secondary N) is 1. The lowest BCUT2D eigenvalue weighted by Gasteiger charge is -2.12. The highest BCUT2D eigenvalue weighted by atomic mass is 32.2. The van der Waals surface area contributed by atoms with Gasteiger partial charge in [-0.1, -0.05) is 6.07 Å². The van der Waals surface area contributed by atoms with Crippen molar-refractivity contribution in [3.8, 4) is 0 Å². The number of rotatable bonds is 5. The van der Waals surface area contributed by atoms with Crippen molar-refractivity contribution < 1.29 is 13.5 Å². The molecule has 2 aromatic rings. The van der Waals surface area contributed by atoms with Crippen molar-refractivity contribution >= 4 is 21.4 Å². The van der Waals surface area contributed by atoms with Gasteiger partial charge >= 0.3 is 0 Å². The Morgan fingerprint density at radius 2 is 2.00 bits per heavy atom. The van der Waals surface area contributed by atoms with E-state index in [1.807, 2.05) is 19.2 Å². The predicted octanol–water partition coefficient (Wildman–Crippen LogP) is 2.38. The molecule has 6 heteroatoms. The van der Waals surface area contributed by atoms with Gasteiger partial charge in [0, 0.05) is 6.54 Å². The maximum atomic E-state index is 12.2. The van der Waals surface area contributed by atoms with Crippen LogP contribution in [0.1, 0.15) is 22.8 Å². The molecule has 2 N–H and O–H groups in total. The van der Waals surface area contributed by atoms with Crippen molar-refractivity contribution in [1.29, 1.82) is 0 Å². The lowest BCUT2D eigenvalue weighted by Crippen LogP contribution is -2.28. The molecule has 1 unspecified atom stereocenters. The van der Waals surface area contributed by atoms with E-state index < -0.39 is 16.1 Å². The molecule has 1 atom stereocenters. The van der Waals surface area contributed by atoms with Crippen LogP contribution in [0.3, 0.4) is 0 Å². The molecule has 1 heterocycles. The summed E-state index contributed by atoms with van der Waals surface area (Å²) in [4.78, 5) is 0.220. The summed E-state index contributed by atoms with van der Waals surface area (Å²) in [6.07, 6.45) is -0.831. The van der Waals surface area contributed by atoms with E-state index in [0.29, 0.717) is 0 Å². The summed E-state index contributed by atoms with van der Waals surface area (Å²) in [6.45, 7) is 3.76. The van der Waals surface area contributed by atoms with Crippen molar-refractivity contribution in [2.75, 3.05) is 6.54 Å². The Morgan fingerprint density at radius 3 is 2.60 bits per heavy atom. The second kappa shape index (κ2) is 6.05. The molecular weight excluding hydrogens is 294 g/mol. The predicted molar refractivity (Wildman–Crippen MR) is 80.4 cm³/mol. The lowest BCUT2D eigenvalue weighted by atomic mass is 10.1. The van der Waals surface area contributed by atoms with Gasteiger partial charge in [0.1, 0.15) is 0 Å². The monoisotopic (exact) mass is 311 g/mol. The van der Waals surface area contributed by atoms with Gasteiger partial charge in [0.2, 0.25) is 10.0 Å². The van der Waals surface area contributed by atoms with E-state index in [1.165, 1.54) is 11.3 Å². The average Bonchev–Trinajstić information content (AvgIpc) is 2.93. The minimum absolute atomic E-state index is 0.0357. The zero-order valence-corrected chi connectivity index (χ0v) is 13.0. The van der Waals surface area contributed by atoms with Crippen LogP contribution < -0.4 is 4.72 Å². The summed E-state index contributed by atoms with van der Waals surface area (Å²) >= 11 is 1.46. The minimum Gasteiger partial charge on any atom is -0.387 e. The van der Waals surface area contributed by atoms with Gasteiger partial charge in [0.15, 0.2) is 0 Å². The average molecular weight is 311 g/mol. The third-order valence-corrected chi connectivity index (χ3v) is 5.31. The van der Waals surface area contributed by atoms with E-state index in [-0.39, 0.29) is 11.4 Å². The zero-order valence-electron chi connectivity index (χ0n) is 11.3. The van der Waals surface area contributed by atoms with Gasteiger partial charge in [-0.25, -0.2) is 13.1 Å². The number of sulfonamides is 1. The number of aliphatic hydroxyl groups excluding tert-OH is 1. The van der Waals surface area contributed by atoms with Gasteiger partial charge in [-0.05, 0) is 59.5 Å². The van der Waals surface area contributed by atoms with Crippen molar-refractivity contribution in [2.24, 2.45) is 0 Å². The number of aryl methyl sites for hydroxylation is 2. The molecule has 0 amide bonds. The van der Waals surface area contributed by atoms with Crippen molar-refractivity contribution in [3.05, 3.63) is 51.7 Å². The molecule has 0 aliphatic rings. The van der Waals surface area contributed by atoms with E-state index in [9.17, 15) is 13.5 Å². The second-order valence-corrected chi connectivity index (χ2v) is 7.22. The largest absolute Gasteiger partial charge is 0.387 e. The molecule has 0 spiro atoms. The minimum atomic E-state index is -3.59. The molecule has 0 saturated carbocycles. The van der Waals surface area contributed by atoms with Crippen molar-refractivity contribution in [2.45, 2.75) is 24.8 Å². The summed E-state index contributed by atoms with van der Waals surface area (Å²) in [7, 11) is -3.59. The highest BCUT2D eigenvalue weighted by Gasteiger charge is 2.17. The molecule has 0 saturated heterocycles. The first-order valence-electron chi connectivity index (χ1n) is 6.17. The van der Waals surface area contributed by atoms with Crippen molar-refractivity contribution in [3.63, 3.8) is 0 Å². The first kappa shape index (κ1) is 15.2. The third kappa shape index (κ3) is 3.46. The van der Waals surface area contributed by atoms with Gasteiger partial charge in [-0.15, -0.1) is 0 Å². The second-order valence-electron chi connectivity index (χ2n) is 4.67. The Morgan fingerprint density at radius 1 is 1.25 bits per heavy atom. The molecule has 0 bridgehead atoms. The van der Waals surface area contributed by atoms with E-state index >= 15 is 0 Å². The summed E-state index contributed by atoms with van der Waals surface area (Å²) in [5.74, 6) is 0. The highest BCUT2D eigenvalue weighted by molar-refractivity contribution is 7.89. The van der Waals surface area contributed by atoms with Crippen LogP contribution in [-0.2, 0) is 10.0 Å². The van der Waals surface area contributed by atoms with Gasteiger partial charge in [0.05, 0.1) is 11.0 Å². The molecule has 0 aliphatic heterocycles. The van der Waals surface area contributed by atoms with Gasteiger partial charge < -0.3 is 5.11 Å². The van der Waals surface area contributed by atoms with E-state index in [1.54, 1.807) is 29.6 Å². The smallest absolute Gasteiger partial charge is 0.240 e. The fraction of sp³-hybridized carbons (Fsp3) is 0.286. The summed E-state index contributed by atoms with van der Waals surface area (Å²) in [6, 6.07) is 6.76. The molecule has 108 valence electrons. The number of thiophene rings is 1. The number of hydrogen-bond acceptors (Lipinski definition) is 4. The van der Waals surface area contributed by atoms with E-state index in [2.05, 4.69) is 4.72 Å². The zero-order chi connectivity index (χ0) is 14.8. The van der Waals surface area contributed by atoms with Crippen LogP contribution in [0.15, 0.2) is 39.9 Å². The summed E-state index contributed by atoms with van der Waals surface area (Å²) in [5.41, 5.74) is 2.69. The number of benzene rings is 1. The van der Waals surface area contributed by atoms with Crippen LogP contribution in [-0.4, -0.2) is 20.1 Å². The molecule has 1 aromatic carbocycles. The molecule has 2 rings (SSSR count). The summed E-state index contributed by atoms with van der Waals surface area (Å²) < 4.78 is 26.7. The Labute approximate surface area is 123 Å². The Bertz CT molecular complexity index is 678. The lowest BCUT2D eigenvalue weighted by molar-refractivity contribution is 0.182. The molecule has 0 fully saturated rings. The van der Waals surface area contributed by atoms with Crippen LogP contribution in [0.25, 0.3) is 0 Å². The maximum Gasteiger partial charge on any atom is 0.240 e. The molecule has 4 nitrogen and oxygen atoms in total. The van der Waals surface area contributed by atoms with E-state index in [4.69, 9.17) is 0 Å². The van der Waals surface area contributed by atoms with E-state index in [0.717, 1.165) is 16.7 Å². The molecular formula is C14H17NO3S2. The van der Waals surface area contributed by atoms with Crippen LogP contribution >= 0.6 is 11.3 Å². The Balaban J connectivity index is 2.09. The topological polar surface area (TPSA) is 66.4 Å². The fourth-order valence-electron chi connectivity index (χ4n) is 1.74. The number of hydrogen-bond donors (Lipinski definition) is 2. The molecule has 20 heavy (non-hydrogen) atoms. The quantitative estimate of drug-likeness (QED) is 0.891. The fourth-order valence-corrected chi connectivity index (χ4v) is 3.57. The standard InChI is InChI=1S/C14H17NO3S2/c1-10-3-4-13(7-11(10)2)20(17,18)15-8-14(16)12-5-6-19-9-12/h3-7,9,14-16H,8H2,1-2H3. The third-order valence-electron chi connectivity index (χ3n) is 3.18. The van der Waals surface area contributed by atoms with Crippen LogP contribution in [0.2, 0.25) is 0 Å². The molecule has 0 radical (unpaired) electrons. The van der Waals surface area contributed by atoms with Gasteiger partial charge in [-0.3, -0.25) is 0 Å².